The predicted octanol–water partition coefficient (Wildman–Crippen LogP) is 2.17. The van der Waals surface area contributed by atoms with Gasteiger partial charge in [-0.2, -0.15) is 0 Å². The molecule has 1 radical (unpaired) electrons. The normalized spacial score (nSPS) is 16.5. The second-order valence-electron chi connectivity index (χ2n) is 2.68. The summed E-state index contributed by atoms with van der Waals surface area (Å²) in [5, 5.41) is 0. The lowest BCUT2D eigenvalue weighted by atomic mass is 10.3. The number of hydrogen-bond acceptors (Lipinski definition) is 1. The fourth-order valence-electron chi connectivity index (χ4n) is 0.855. The fraction of sp³-hybridized carbons (Fsp3) is 0.333. The average Bonchev–Trinajstić information content (AvgIpc) is 2.71. The summed E-state index contributed by atoms with van der Waals surface area (Å²) in [6.07, 6.45) is 2.49. The number of benzene rings is 1. The van der Waals surface area contributed by atoms with E-state index in [9.17, 15) is 4.39 Å². The molecule has 2 rings (SSSR count). The molecule has 0 N–H and O–H groups in total. The first-order chi connectivity index (χ1) is 5.34. The monoisotopic (exact) mass is 151 g/mol. The number of rotatable bonds is 2. The third-order valence-corrected chi connectivity index (χ3v) is 1.55. The van der Waals surface area contributed by atoms with Crippen LogP contribution < -0.4 is 4.74 Å². The van der Waals surface area contributed by atoms with E-state index in [1.165, 1.54) is 6.07 Å². The first kappa shape index (κ1) is 6.65. The van der Waals surface area contributed by atoms with Gasteiger partial charge in [-0.25, -0.2) is 4.39 Å². The quantitative estimate of drug-likeness (QED) is 0.629. The molecule has 1 nitrogen and oxygen atoms in total. The number of hydrogen-bond donors (Lipinski definition) is 0. The third-order valence-electron chi connectivity index (χ3n) is 1.55. The SMILES string of the molecule is Fc1[c]c(OC2CC2)ccc1. The van der Waals surface area contributed by atoms with Crippen molar-refractivity contribution in [2.75, 3.05) is 0 Å². The summed E-state index contributed by atoms with van der Waals surface area (Å²) in [7, 11) is 0. The van der Waals surface area contributed by atoms with Gasteiger partial charge in [-0.15, -0.1) is 0 Å². The highest BCUT2D eigenvalue weighted by Crippen LogP contribution is 2.26. The average molecular weight is 151 g/mol. The standard InChI is InChI=1S/C9H8FO/c10-7-2-1-3-9(6-7)11-8-4-5-8/h1-3,8H,4-5H2. The van der Waals surface area contributed by atoms with Gasteiger partial charge in [0.1, 0.15) is 11.6 Å². The maximum atomic E-state index is 12.5. The lowest BCUT2D eigenvalue weighted by molar-refractivity contribution is 0.301. The van der Waals surface area contributed by atoms with Crippen LogP contribution in [-0.4, -0.2) is 6.10 Å². The Hall–Kier alpha value is -1.05. The molecule has 1 aliphatic carbocycles. The van der Waals surface area contributed by atoms with Crippen molar-refractivity contribution in [3.8, 4) is 5.75 Å². The molecule has 1 aromatic carbocycles. The molecule has 0 aromatic heterocycles. The van der Waals surface area contributed by atoms with Gasteiger partial charge in [0.05, 0.1) is 12.2 Å². The molecule has 0 bridgehead atoms. The van der Waals surface area contributed by atoms with Crippen molar-refractivity contribution in [2.45, 2.75) is 18.9 Å². The Bertz CT molecular complexity index is 255. The maximum Gasteiger partial charge on any atom is 0.135 e. The van der Waals surface area contributed by atoms with Crippen LogP contribution in [0.5, 0.6) is 5.75 Å². The Kier molecular flexibility index (Phi) is 1.53. The van der Waals surface area contributed by atoms with Crippen LogP contribution in [0.2, 0.25) is 0 Å². The summed E-state index contributed by atoms with van der Waals surface area (Å²) in [6.45, 7) is 0. The van der Waals surface area contributed by atoms with E-state index in [0.717, 1.165) is 12.8 Å². The van der Waals surface area contributed by atoms with Gasteiger partial charge in [0.25, 0.3) is 0 Å². The molecule has 2 heteroatoms. The molecule has 0 atom stereocenters. The van der Waals surface area contributed by atoms with Crippen molar-refractivity contribution >= 4 is 0 Å². The molecule has 0 unspecified atom stereocenters. The van der Waals surface area contributed by atoms with E-state index in [4.69, 9.17) is 4.74 Å². The summed E-state index contributed by atoms with van der Waals surface area (Å²) >= 11 is 0. The van der Waals surface area contributed by atoms with E-state index in [1.54, 1.807) is 12.1 Å². The van der Waals surface area contributed by atoms with Crippen LogP contribution in [0.25, 0.3) is 0 Å². The molecule has 0 saturated heterocycles. The molecule has 1 aromatic rings. The van der Waals surface area contributed by atoms with Crippen LogP contribution in [0, 0.1) is 11.9 Å². The number of ether oxygens (including phenoxy) is 1. The molecule has 57 valence electrons. The Morgan fingerprint density at radius 2 is 2.27 bits per heavy atom. The van der Waals surface area contributed by atoms with E-state index in [2.05, 4.69) is 6.07 Å². The van der Waals surface area contributed by atoms with Crippen molar-refractivity contribution in [3.05, 3.63) is 30.1 Å². The first-order valence-electron chi connectivity index (χ1n) is 3.69. The van der Waals surface area contributed by atoms with E-state index >= 15 is 0 Å². The molecule has 0 aliphatic heterocycles. The minimum atomic E-state index is -0.358. The fourth-order valence-corrected chi connectivity index (χ4v) is 0.855. The Morgan fingerprint density at radius 3 is 2.91 bits per heavy atom. The lowest BCUT2D eigenvalue weighted by Gasteiger charge is -2.01. The minimum absolute atomic E-state index is 0.313. The van der Waals surface area contributed by atoms with Crippen molar-refractivity contribution < 1.29 is 9.13 Å². The van der Waals surface area contributed by atoms with E-state index in [0.29, 0.717) is 11.9 Å². The first-order valence-corrected chi connectivity index (χ1v) is 3.69. The second-order valence-corrected chi connectivity index (χ2v) is 2.68. The Balaban J connectivity index is 2.10. The number of halogens is 1. The zero-order valence-electron chi connectivity index (χ0n) is 6.01. The molecule has 0 spiro atoms. The van der Waals surface area contributed by atoms with Crippen molar-refractivity contribution in [1.29, 1.82) is 0 Å². The molecular formula is C9H8FO. The van der Waals surface area contributed by atoms with Crippen LogP contribution in [-0.2, 0) is 0 Å². The van der Waals surface area contributed by atoms with Crippen LogP contribution in [0.4, 0.5) is 4.39 Å². The van der Waals surface area contributed by atoms with E-state index in [-0.39, 0.29) is 5.82 Å². The van der Waals surface area contributed by atoms with Crippen molar-refractivity contribution in [1.82, 2.24) is 0 Å². The molecular weight excluding hydrogens is 143 g/mol. The van der Waals surface area contributed by atoms with Gasteiger partial charge in [0.15, 0.2) is 0 Å². The van der Waals surface area contributed by atoms with Crippen LogP contribution in [0.3, 0.4) is 0 Å². The van der Waals surface area contributed by atoms with Gasteiger partial charge >= 0.3 is 0 Å². The summed E-state index contributed by atoms with van der Waals surface area (Å²) < 4.78 is 17.8. The molecule has 1 saturated carbocycles. The lowest BCUT2D eigenvalue weighted by Crippen LogP contribution is -1.95. The van der Waals surface area contributed by atoms with Gasteiger partial charge < -0.3 is 4.74 Å². The van der Waals surface area contributed by atoms with Crippen molar-refractivity contribution in [2.24, 2.45) is 0 Å². The molecule has 1 fully saturated rings. The highest BCUT2D eigenvalue weighted by Gasteiger charge is 2.23. The van der Waals surface area contributed by atoms with Gasteiger partial charge in [0, 0.05) is 0 Å². The van der Waals surface area contributed by atoms with Crippen LogP contribution in [0.1, 0.15) is 12.8 Å². The summed E-state index contributed by atoms with van der Waals surface area (Å²) in [6, 6.07) is 7.20. The minimum Gasteiger partial charge on any atom is -0.490 e. The molecule has 1 aliphatic rings. The summed E-state index contributed by atoms with van der Waals surface area (Å²) in [5.74, 6) is 0.163. The molecule has 11 heavy (non-hydrogen) atoms. The van der Waals surface area contributed by atoms with Gasteiger partial charge in [-0.3, -0.25) is 0 Å². The summed E-state index contributed by atoms with van der Waals surface area (Å²) in [4.78, 5) is 0. The molecule has 0 amide bonds. The van der Waals surface area contributed by atoms with Gasteiger partial charge in [0.2, 0.25) is 0 Å². The van der Waals surface area contributed by atoms with E-state index < -0.39 is 0 Å². The molecule has 0 heterocycles. The zero-order valence-corrected chi connectivity index (χ0v) is 6.01. The highest BCUT2D eigenvalue weighted by molar-refractivity contribution is 5.21. The summed E-state index contributed by atoms with van der Waals surface area (Å²) in [5.41, 5.74) is 0. The Morgan fingerprint density at radius 1 is 1.45 bits per heavy atom. The topological polar surface area (TPSA) is 9.23 Å². The largest absolute Gasteiger partial charge is 0.490 e. The highest BCUT2D eigenvalue weighted by atomic mass is 19.1. The third kappa shape index (κ3) is 1.70. The van der Waals surface area contributed by atoms with Crippen LogP contribution in [0.15, 0.2) is 18.2 Å². The van der Waals surface area contributed by atoms with Gasteiger partial charge in [-0.05, 0) is 25.0 Å². The zero-order chi connectivity index (χ0) is 7.68. The van der Waals surface area contributed by atoms with E-state index in [1.807, 2.05) is 0 Å². The Labute approximate surface area is 64.8 Å². The predicted molar refractivity (Wildman–Crippen MR) is 38.9 cm³/mol. The van der Waals surface area contributed by atoms with Crippen LogP contribution >= 0.6 is 0 Å². The second kappa shape index (κ2) is 2.53. The smallest absolute Gasteiger partial charge is 0.135 e. The van der Waals surface area contributed by atoms with Crippen molar-refractivity contribution in [3.63, 3.8) is 0 Å². The maximum absolute atomic E-state index is 12.5. The van der Waals surface area contributed by atoms with Gasteiger partial charge in [-0.1, -0.05) is 6.07 Å².